The number of likely N-dealkylation sites (tertiary alicyclic amines) is 1. The van der Waals surface area contributed by atoms with Gasteiger partial charge in [0.2, 0.25) is 5.91 Å². The number of carbonyl (C=O) groups is 1. The molecule has 1 atom stereocenters. The molecule has 3 nitrogen and oxygen atoms in total. The van der Waals surface area contributed by atoms with Crippen molar-refractivity contribution < 1.29 is 9.90 Å². The molecule has 1 aliphatic heterocycles. The summed E-state index contributed by atoms with van der Waals surface area (Å²) in [6, 6.07) is 8.76. The van der Waals surface area contributed by atoms with Crippen LogP contribution in [-0.2, 0) is 16.6 Å². The highest BCUT2D eigenvalue weighted by Crippen LogP contribution is 2.23. The number of carbonyl (C=O) groups excluding carboxylic acids is 1. The molecule has 3 heteroatoms. The van der Waals surface area contributed by atoms with Crippen molar-refractivity contribution in [1.82, 2.24) is 4.90 Å². The van der Waals surface area contributed by atoms with Crippen LogP contribution in [0.2, 0.25) is 0 Å². The Bertz CT molecular complexity index is 487. The van der Waals surface area contributed by atoms with Gasteiger partial charge in [-0.15, -0.1) is 0 Å². The Morgan fingerprint density at radius 1 is 1.27 bits per heavy atom. The van der Waals surface area contributed by atoms with Crippen molar-refractivity contribution in [3.05, 3.63) is 35.4 Å². The van der Waals surface area contributed by atoms with E-state index in [0.29, 0.717) is 6.42 Å². The topological polar surface area (TPSA) is 40.5 Å². The normalized spacial score (nSPS) is 18.7. The molecule has 1 heterocycles. The summed E-state index contributed by atoms with van der Waals surface area (Å²) in [7, 11) is 0. The maximum absolute atomic E-state index is 12.1. The van der Waals surface area contributed by atoms with Gasteiger partial charge < -0.3 is 10.0 Å². The molecule has 2 rings (SSSR count). The lowest BCUT2D eigenvalue weighted by atomic mass is 9.86. The summed E-state index contributed by atoms with van der Waals surface area (Å²) < 4.78 is 0. The van der Waals surface area contributed by atoms with E-state index in [9.17, 15) is 4.79 Å². The molecule has 1 saturated heterocycles. The smallest absolute Gasteiger partial charge is 0.222 e. The number of rotatable bonds is 5. The third-order valence-corrected chi connectivity index (χ3v) is 4.57. The van der Waals surface area contributed by atoms with Gasteiger partial charge in [0.25, 0.3) is 0 Å². The van der Waals surface area contributed by atoms with Crippen LogP contribution in [0.25, 0.3) is 0 Å². The zero-order valence-corrected chi connectivity index (χ0v) is 14.1. The van der Waals surface area contributed by atoms with E-state index in [0.717, 1.165) is 32.4 Å². The van der Waals surface area contributed by atoms with E-state index >= 15 is 0 Å². The Labute approximate surface area is 134 Å². The van der Waals surface area contributed by atoms with E-state index in [1.165, 1.54) is 11.1 Å². The Kier molecular flexibility index (Phi) is 5.63. The Morgan fingerprint density at radius 2 is 1.95 bits per heavy atom. The van der Waals surface area contributed by atoms with Crippen molar-refractivity contribution >= 4 is 5.91 Å². The Hall–Kier alpha value is -1.35. The van der Waals surface area contributed by atoms with Gasteiger partial charge in [-0.3, -0.25) is 4.79 Å². The molecule has 1 aliphatic rings. The van der Waals surface area contributed by atoms with E-state index in [2.05, 4.69) is 45.0 Å². The van der Waals surface area contributed by atoms with Crippen molar-refractivity contribution in [2.45, 2.75) is 51.9 Å². The van der Waals surface area contributed by atoms with Crippen molar-refractivity contribution in [2.75, 3.05) is 19.7 Å². The fraction of sp³-hybridized carbons (Fsp3) is 0.632. The first-order valence-electron chi connectivity index (χ1n) is 8.38. The minimum absolute atomic E-state index is 0.188. The monoisotopic (exact) mass is 303 g/mol. The number of hydrogen-bond acceptors (Lipinski definition) is 2. The largest absolute Gasteiger partial charge is 0.396 e. The summed E-state index contributed by atoms with van der Waals surface area (Å²) in [4.78, 5) is 14.0. The van der Waals surface area contributed by atoms with Crippen LogP contribution < -0.4 is 0 Å². The molecular weight excluding hydrogens is 274 g/mol. The van der Waals surface area contributed by atoms with Gasteiger partial charge in [-0.2, -0.15) is 0 Å². The molecule has 1 amide bonds. The van der Waals surface area contributed by atoms with Crippen molar-refractivity contribution in [3.8, 4) is 0 Å². The van der Waals surface area contributed by atoms with Gasteiger partial charge in [-0.1, -0.05) is 45.0 Å². The van der Waals surface area contributed by atoms with Crippen LogP contribution in [0, 0.1) is 5.92 Å². The van der Waals surface area contributed by atoms with Crippen molar-refractivity contribution in [1.29, 1.82) is 0 Å². The molecule has 0 aromatic heterocycles. The van der Waals surface area contributed by atoms with Crippen LogP contribution in [0.3, 0.4) is 0 Å². The first-order chi connectivity index (χ1) is 10.4. The van der Waals surface area contributed by atoms with Gasteiger partial charge in [0.15, 0.2) is 0 Å². The second-order valence-corrected chi connectivity index (χ2v) is 7.48. The highest BCUT2D eigenvalue weighted by Gasteiger charge is 2.24. The molecule has 0 bridgehead atoms. The van der Waals surface area contributed by atoms with Crippen LogP contribution in [0.5, 0.6) is 0 Å². The minimum Gasteiger partial charge on any atom is -0.396 e. The molecular formula is C19H29NO2. The number of hydrogen-bond donors (Lipinski definition) is 1. The fourth-order valence-corrected chi connectivity index (χ4v) is 2.98. The molecule has 122 valence electrons. The summed E-state index contributed by atoms with van der Waals surface area (Å²) in [6.45, 7) is 8.40. The lowest BCUT2D eigenvalue weighted by Gasteiger charge is -2.19. The van der Waals surface area contributed by atoms with Gasteiger partial charge in [-0.05, 0) is 35.8 Å². The standard InChI is InChI=1S/C19H29NO2/c1-19(2,3)17-9-7-15(8-10-17)5-4-6-18(22)20-12-11-16(13-20)14-21/h7-10,16,21H,4-6,11-14H2,1-3H3. The molecule has 1 unspecified atom stereocenters. The van der Waals surface area contributed by atoms with E-state index in [1.54, 1.807) is 0 Å². The zero-order chi connectivity index (χ0) is 16.2. The number of aryl methyl sites for hydroxylation is 1. The number of aliphatic hydroxyl groups is 1. The first kappa shape index (κ1) is 17.0. The van der Waals surface area contributed by atoms with Crippen LogP contribution in [0.15, 0.2) is 24.3 Å². The Balaban J connectivity index is 1.75. The molecule has 1 aromatic carbocycles. The van der Waals surface area contributed by atoms with Crippen LogP contribution in [0.1, 0.15) is 51.2 Å². The lowest BCUT2D eigenvalue weighted by Crippen LogP contribution is -2.28. The highest BCUT2D eigenvalue weighted by atomic mass is 16.3. The number of benzene rings is 1. The van der Waals surface area contributed by atoms with Gasteiger partial charge in [0.05, 0.1) is 0 Å². The van der Waals surface area contributed by atoms with Gasteiger partial charge >= 0.3 is 0 Å². The van der Waals surface area contributed by atoms with E-state index in [-0.39, 0.29) is 23.8 Å². The average molecular weight is 303 g/mol. The summed E-state index contributed by atoms with van der Waals surface area (Å²) in [5.41, 5.74) is 2.84. The number of nitrogens with zero attached hydrogens (tertiary/aromatic N) is 1. The summed E-state index contributed by atoms with van der Waals surface area (Å²) in [5, 5.41) is 9.13. The van der Waals surface area contributed by atoms with E-state index in [4.69, 9.17) is 5.11 Å². The minimum atomic E-state index is 0.188. The molecule has 0 spiro atoms. The van der Waals surface area contributed by atoms with Gasteiger partial charge in [0.1, 0.15) is 0 Å². The summed E-state index contributed by atoms with van der Waals surface area (Å²) >= 11 is 0. The quantitative estimate of drug-likeness (QED) is 0.908. The average Bonchev–Trinajstić information content (AvgIpc) is 2.96. The second kappa shape index (κ2) is 7.28. The van der Waals surface area contributed by atoms with Gasteiger partial charge in [0, 0.05) is 32.0 Å². The van der Waals surface area contributed by atoms with Crippen LogP contribution in [0.4, 0.5) is 0 Å². The van der Waals surface area contributed by atoms with E-state index in [1.807, 2.05) is 4.90 Å². The third kappa shape index (κ3) is 4.57. The van der Waals surface area contributed by atoms with E-state index < -0.39 is 0 Å². The number of aliphatic hydroxyl groups excluding tert-OH is 1. The molecule has 1 fully saturated rings. The maximum Gasteiger partial charge on any atom is 0.222 e. The lowest BCUT2D eigenvalue weighted by molar-refractivity contribution is -0.130. The third-order valence-electron chi connectivity index (χ3n) is 4.57. The maximum atomic E-state index is 12.1. The summed E-state index contributed by atoms with van der Waals surface area (Å²) in [5.74, 6) is 0.524. The highest BCUT2D eigenvalue weighted by molar-refractivity contribution is 5.76. The molecule has 0 radical (unpaired) electrons. The zero-order valence-electron chi connectivity index (χ0n) is 14.1. The second-order valence-electron chi connectivity index (χ2n) is 7.48. The SMILES string of the molecule is CC(C)(C)c1ccc(CCCC(=O)N2CCC(CO)C2)cc1. The van der Waals surface area contributed by atoms with Crippen molar-refractivity contribution in [2.24, 2.45) is 5.92 Å². The van der Waals surface area contributed by atoms with Crippen LogP contribution in [-0.4, -0.2) is 35.6 Å². The van der Waals surface area contributed by atoms with Crippen molar-refractivity contribution in [3.63, 3.8) is 0 Å². The molecule has 1 N–H and O–H groups in total. The number of amides is 1. The predicted octanol–water partition coefficient (Wildman–Crippen LogP) is 3.15. The first-order valence-corrected chi connectivity index (χ1v) is 8.38. The Morgan fingerprint density at radius 3 is 2.50 bits per heavy atom. The predicted molar refractivity (Wildman–Crippen MR) is 89.9 cm³/mol. The fourth-order valence-electron chi connectivity index (χ4n) is 2.98. The molecule has 1 aromatic rings. The molecule has 22 heavy (non-hydrogen) atoms. The summed E-state index contributed by atoms with van der Waals surface area (Å²) in [6.07, 6.45) is 3.40. The van der Waals surface area contributed by atoms with Gasteiger partial charge in [-0.25, -0.2) is 0 Å². The van der Waals surface area contributed by atoms with Crippen LogP contribution >= 0.6 is 0 Å². The molecule has 0 aliphatic carbocycles. The molecule has 0 saturated carbocycles.